The molecule has 1 aliphatic heterocycles. The maximum absolute atomic E-state index is 12.4. The predicted molar refractivity (Wildman–Crippen MR) is 74.0 cm³/mol. The fourth-order valence-corrected chi connectivity index (χ4v) is 2.40. The van der Waals surface area contributed by atoms with Crippen LogP contribution in [0.2, 0.25) is 5.02 Å². The number of hydrogen-bond acceptors (Lipinski definition) is 4. The molecule has 1 fully saturated rings. The second-order valence-corrected chi connectivity index (χ2v) is 5.12. The molecule has 1 aliphatic rings. The molecule has 7 heteroatoms. The molecule has 2 rings (SSSR count). The van der Waals surface area contributed by atoms with Crippen molar-refractivity contribution < 1.29 is 14.5 Å². The van der Waals surface area contributed by atoms with Gasteiger partial charge in [0.05, 0.1) is 11.0 Å². The molecule has 0 aromatic heterocycles. The monoisotopic (exact) mass is 298 g/mol. The van der Waals surface area contributed by atoms with E-state index in [0.29, 0.717) is 25.3 Å². The highest BCUT2D eigenvalue weighted by Crippen LogP contribution is 2.25. The SMILES string of the molecule is CC1CN(C(=O)c2ccc([N+](=O)[O-])c(Cl)c2)CCCO1. The average Bonchev–Trinajstić information content (AvgIpc) is 2.62. The van der Waals surface area contributed by atoms with Gasteiger partial charge in [-0.25, -0.2) is 0 Å². The quantitative estimate of drug-likeness (QED) is 0.621. The highest BCUT2D eigenvalue weighted by Gasteiger charge is 2.22. The van der Waals surface area contributed by atoms with Crippen LogP contribution in [0, 0.1) is 10.1 Å². The van der Waals surface area contributed by atoms with Crippen LogP contribution in [0.15, 0.2) is 18.2 Å². The molecule has 1 atom stereocenters. The first kappa shape index (κ1) is 14.7. The summed E-state index contributed by atoms with van der Waals surface area (Å²) in [7, 11) is 0. The van der Waals surface area contributed by atoms with Gasteiger partial charge in [0.15, 0.2) is 0 Å². The van der Waals surface area contributed by atoms with Gasteiger partial charge < -0.3 is 9.64 Å². The molecule has 1 aromatic rings. The predicted octanol–water partition coefficient (Wildman–Crippen LogP) is 2.50. The smallest absolute Gasteiger partial charge is 0.287 e. The van der Waals surface area contributed by atoms with E-state index in [1.54, 1.807) is 4.90 Å². The fraction of sp³-hybridized carbons (Fsp3) is 0.462. The molecule has 108 valence electrons. The van der Waals surface area contributed by atoms with Crippen molar-refractivity contribution in [1.82, 2.24) is 4.90 Å². The Hall–Kier alpha value is -1.66. The van der Waals surface area contributed by atoms with Gasteiger partial charge in [0.2, 0.25) is 0 Å². The van der Waals surface area contributed by atoms with E-state index in [9.17, 15) is 14.9 Å². The first-order chi connectivity index (χ1) is 9.49. The molecule has 1 unspecified atom stereocenters. The molecule has 1 heterocycles. The van der Waals surface area contributed by atoms with E-state index >= 15 is 0 Å². The summed E-state index contributed by atoms with van der Waals surface area (Å²) in [6.07, 6.45) is 0.756. The summed E-state index contributed by atoms with van der Waals surface area (Å²) in [6.45, 7) is 3.66. The molecule has 0 spiro atoms. The molecule has 0 radical (unpaired) electrons. The number of nitro benzene ring substituents is 1. The summed E-state index contributed by atoms with van der Waals surface area (Å²) in [4.78, 5) is 24.2. The van der Waals surface area contributed by atoms with Crippen molar-refractivity contribution in [3.63, 3.8) is 0 Å². The Kier molecular flexibility index (Phi) is 4.57. The molecule has 20 heavy (non-hydrogen) atoms. The number of carbonyl (C=O) groups is 1. The number of nitrogens with zero attached hydrogens (tertiary/aromatic N) is 2. The van der Waals surface area contributed by atoms with Crippen LogP contribution in [-0.4, -0.2) is 41.5 Å². The Balaban J connectivity index is 2.20. The zero-order chi connectivity index (χ0) is 14.7. The Morgan fingerprint density at radius 1 is 1.55 bits per heavy atom. The molecule has 1 saturated heterocycles. The van der Waals surface area contributed by atoms with Gasteiger partial charge in [-0.3, -0.25) is 14.9 Å². The van der Waals surface area contributed by atoms with Crippen molar-refractivity contribution in [2.24, 2.45) is 0 Å². The Labute approximate surface area is 121 Å². The van der Waals surface area contributed by atoms with Crippen molar-refractivity contribution in [2.75, 3.05) is 19.7 Å². The topological polar surface area (TPSA) is 72.7 Å². The maximum Gasteiger partial charge on any atom is 0.287 e. The highest BCUT2D eigenvalue weighted by molar-refractivity contribution is 6.33. The summed E-state index contributed by atoms with van der Waals surface area (Å²) in [5.41, 5.74) is 0.158. The second kappa shape index (κ2) is 6.19. The first-order valence-corrected chi connectivity index (χ1v) is 6.71. The third kappa shape index (κ3) is 3.26. The molecular weight excluding hydrogens is 284 g/mol. The Morgan fingerprint density at radius 2 is 2.30 bits per heavy atom. The van der Waals surface area contributed by atoms with Crippen LogP contribution in [-0.2, 0) is 4.74 Å². The van der Waals surface area contributed by atoms with Crippen LogP contribution in [0.25, 0.3) is 0 Å². The lowest BCUT2D eigenvalue weighted by molar-refractivity contribution is -0.384. The number of rotatable bonds is 2. The van der Waals surface area contributed by atoms with Crippen molar-refractivity contribution in [2.45, 2.75) is 19.4 Å². The summed E-state index contributed by atoms with van der Waals surface area (Å²) >= 11 is 5.83. The van der Waals surface area contributed by atoms with Gasteiger partial charge >= 0.3 is 0 Å². The van der Waals surface area contributed by atoms with Gasteiger partial charge in [-0.05, 0) is 25.5 Å². The molecule has 1 amide bonds. The fourth-order valence-electron chi connectivity index (χ4n) is 2.15. The van der Waals surface area contributed by atoms with Gasteiger partial charge in [0.1, 0.15) is 5.02 Å². The number of nitro groups is 1. The lowest BCUT2D eigenvalue weighted by Gasteiger charge is -2.22. The zero-order valence-electron chi connectivity index (χ0n) is 11.0. The zero-order valence-corrected chi connectivity index (χ0v) is 11.8. The van der Waals surface area contributed by atoms with Crippen LogP contribution in [0.4, 0.5) is 5.69 Å². The van der Waals surface area contributed by atoms with Crippen LogP contribution >= 0.6 is 11.6 Å². The average molecular weight is 299 g/mol. The second-order valence-electron chi connectivity index (χ2n) is 4.71. The normalized spacial score (nSPS) is 19.5. The third-order valence-corrected chi connectivity index (χ3v) is 3.43. The number of ether oxygens (including phenoxy) is 1. The Morgan fingerprint density at radius 3 is 2.95 bits per heavy atom. The largest absolute Gasteiger partial charge is 0.377 e. The lowest BCUT2D eigenvalue weighted by atomic mass is 10.1. The van der Waals surface area contributed by atoms with E-state index in [1.807, 2.05) is 6.92 Å². The molecular formula is C13H15ClN2O4. The summed E-state index contributed by atoms with van der Waals surface area (Å²) < 4.78 is 5.48. The van der Waals surface area contributed by atoms with Gasteiger partial charge in [0.25, 0.3) is 11.6 Å². The van der Waals surface area contributed by atoms with Gasteiger partial charge in [-0.2, -0.15) is 0 Å². The van der Waals surface area contributed by atoms with E-state index < -0.39 is 4.92 Å². The van der Waals surface area contributed by atoms with E-state index in [-0.39, 0.29) is 22.7 Å². The minimum atomic E-state index is -0.571. The Bertz CT molecular complexity index is 535. The molecule has 1 aromatic carbocycles. The van der Waals surface area contributed by atoms with E-state index in [2.05, 4.69) is 0 Å². The van der Waals surface area contributed by atoms with Crippen LogP contribution in [0.1, 0.15) is 23.7 Å². The summed E-state index contributed by atoms with van der Waals surface area (Å²) in [6, 6.07) is 4.04. The number of halogens is 1. The van der Waals surface area contributed by atoms with Crippen molar-refractivity contribution in [1.29, 1.82) is 0 Å². The van der Waals surface area contributed by atoms with Gasteiger partial charge in [0, 0.05) is 31.3 Å². The molecule has 0 saturated carbocycles. The van der Waals surface area contributed by atoms with Crippen molar-refractivity contribution in [3.8, 4) is 0 Å². The molecule has 0 N–H and O–H groups in total. The number of benzene rings is 1. The molecule has 0 aliphatic carbocycles. The van der Waals surface area contributed by atoms with E-state index in [0.717, 1.165) is 6.42 Å². The number of carbonyl (C=O) groups excluding carboxylic acids is 1. The van der Waals surface area contributed by atoms with Crippen LogP contribution in [0.5, 0.6) is 0 Å². The van der Waals surface area contributed by atoms with Gasteiger partial charge in [-0.1, -0.05) is 11.6 Å². The number of hydrogen-bond donors (Lipinski definition) is 0. The molecule has 0 bridgehead atoms. The summed E-state index contributed by atoms with van der Waals surface area (Å²) in [5.74, 6) is -0.181. The third-order valence-electron chi connectivity index (χ3n) is 3.13. The summed E-state index contributed by atoms with van der Waals surface area (Å²) in [5, 5.41) is 10.7. The maximum atomic E-state index is 12.4. The molecule has 6 nitrogen and oxygen atoms in total. The number of amides is 1. The minimum Gasteiger partial charge on any atom is -0.377 e. The van der Waals surface area contributed by atoms with Crippen LogP contribution in [0.3, 0.4) is 0 Å². The van der Waals surface area contributed by atoms with Crippen LogP contribution < -0.4 is 0 Å². The van der Waals surface area contributed by atoms with Crippen molar-refractivity contribution >= 4 is 23.2 Å². The standard InChI is InChI=1S/C13H15ClN2O4/c1-9-8-15(5-2-6-20-9)13(17)10-3-4-12(16(18)19)11(14)7-10/h3-4,7,9H,2,5-6,8H2,1H3. The van der Waals surface area contributed by atoms with Gasteiger partial charge in [-0.15, -0.1) is 0 Å². The lowest BCUT2D eigenvalue weighted by Crippen LogP contribution is -2.35. The van der Waals surface area contributed by atoms with Crippen molar-refractivity contribution in [3.05, 3.63) is 38.9 Å². The van der Waals surface area contributed by atoms with E-state index in [1.165, 1.54) is 18.2 Å². The first-order valence-electron chi connectivity index (χ1n) is 6.34. The highest BCUT2D eigenvalue weighted by atomic mass is 35.5. The van der Waals surface area contributed by atoms with E-state index in [4.69, 9.17) is 16.3 Å². The minimum absolute atomic E-state index is 0.0185.